The zero-order valence-electron chi connectivity index (χ0n) is 18.8. The quantitative estimate of drug-likeness (QED) is 0.777. The predicted molar refractivity (Wildman–Crippen MR) is 113 cm³/mol. The summed E-state index contributed by atoms with van der Waals surface area (Å²) in [6.07, 6.45) is -0.515. The molecule has 2 aromatic rings. The molecular weight excluding hydrogens is 404 g/mol. The topological polar surface area (TPSA) is 76.2 Å². The number of halogens is 2. The maximum atomic E-state index is 13.9. The highest BCUT2D eigenvalue weighted by atomic mass is 19.3. The fourth-order valence-electron chi connectivity index (χ4n) is 4.65. The number of anilines is 1. The average Bonchev–Trinajstić information content (AvgIpc) is 3.29. The van der Waals surface area contributed by atoms with Gasteiger partial charge in [0.05, 0.1) is 11.4 Å². The van der Waals surface area contributed by atoms with Gasteiger partial charge in [0.2, 0.25) is 5.76 Å². The van der Waals surface area contributed by atoms with E-state index in [1.54, 1.807) is 18.7 Å². The number of aryl methyl sites for hydroxylation is 2. The molecule has 2 aliphatic heterocycles. The molecule has 0 saturated carbocycles. The summed E-state index contributed by atoms with van der Waals surface area (Å²) in [6.45, 7) is 10.7. The minimum atomic E-state index is -2.50. The number of rotatable bonds is 3. The van der Waals surface area contributed by atoms with Crippen LogP contribution in [0.5, 0.6) is 0 Å². The average molecular weight is 436 g/mol. The van der Waals surface area contributed by atoms with Gasteiger partial charge in [-0.25, -0.2) is 18.4 Å². The lowest BCUT2D eigenvalue weighted by atomic mass is 9.85. The van der Waals surface area contributed by atoms with Crippen LogP contribution in [0.3, 0.4) is 0 Å². The predicted octanol–water partition coefficient (Wildman–Crippen LogP) is 4.33. The van der Waals surface area contributed by atoms with Gasteiger partial charge in [-0.05, 0) is 32.1 Å². The van der Waals surface area contributed by atoms with Crippen LogP contribution in [0.1, 0.15) is 73.9 Å². The molecule has 0 bridgehead atoms. The number of nitrogens with one attached hydrogen (secondary N) is 1. The summed E-state index contributed by atoms with van der Waals surface area (Å²) < 4.78 is 34.9. The number of fused-ring (bicyclic) bond motifs is 1. The molecule has 0 aliphatic carbocycles. The van der Waals surface area contributed by atoms with E-state index in [0.717, 1.165) is 18.5 Å². The van der Waals surface area contributed by atoms with Crippen molar-refractivity contribution in [3.63, 3.8) is 0 Å². The summed E-state index contributed by atoms with van der Waals surface area (Å²) >= 11 is 0. The van der Waals surface area contributed by atoms with Crippen molar-refractivity contribution >= 4 is 11.7 Å². The van der Waals surface area contributed by atoms with Gasteiger partial charge < -0.3 is 14.6 Å². The van der Waals surface area contributed by atoms with Crippen molar-refractivity contribution in [3.8, 4) is 0 Å². The number of carbonyl (C=O) groups is 1. The summed E-state index contributed by atoms with van der Waals surface area (Å²) in [6, 6.07) is 0.764. The Morgan fingerprint density at radius 2 is 2.06 bits per heavy atom. The second kappa shape index (κ2) is 7.91. The van der Waals surface area contributed by atoms with Crippen LogP contribution >= 0.6 is 0 Å². The van der Waals surface area contributed by atoms with E-state index in [1.807, 2.05) is 26.8 Å². The Hall–Kier alpha value is -2.45. The number of hydrogen-bond acceptors (Lipinski definition) is 5. The monoisotopic (exact) mass is 435 g/mol. The largest absolute Gasteiger partial charge is 0.436 e. The normalized spacial score (nSPS) is 24.3. The lowest BCUT2D eigenvalue weighted by Gasteiger charge is -2.41. The highest BCUT2D eigenvalue weighted by molar-refractivity contribution is 5.92. The molecule has 170 valence electrons. The molecule has 0 spiro atoms. The number of amides is 1. The molecular formula is C22H31F2N5O2. The van der Waals surface area contributed by atoms with E-state index in [-0.39, 0.29) is 35.5 Å². The highest BCUT2D eigenvalue weighted by Gasteiger charge is 2.40. The van der Waals surface area contributed by atoms with Gasteiger partial charge in [0.1, 0.15) is 11.9 Å². The first-order chi connectivity index (χ1) is 14.5. The lowest BCUT2D eigenvalue weighted by molar-refractivity contribution is 0.0491. The van der Waals surface area contributed by atoms with E-state index < -0.39 is 12.5 Å². The molecule has 4 heterocycles. The second-order valence-corrected chi connectivity index (χ2v) is 9.80. The molecule has 9 heteroatoms. The van der Waals surface area contributed by atoms with Crippen LogP contribution in [0.25, 0.3) is 0 Å². The Bertz CT molecular complexity index is 962. The number of likely N-dealkylation sites (tertiary alicyclic amines) is 1. The van der Waals surface area contributed by atoms with Crippen molar-refractivity contribution in [1.29, 1.82) is 0 Å². The SMILES string of the molecule is Cc1nc(C)c(C(=O)N2CCC[C@@H]([C@@H]3C[C@H](C(F)F)n4nc(C(C)(C)C)cc4N3)C2)o1. The van der Waals surface area contributed by atoms with Crippen molar-refractivity contribution in [2.24, 2.45) is 5.92 Å². The first-order valence-corrected chi connectivity index (χ1v) is 10.9. The van der Waals surface area contributed by atoms with E-state index in [9.17, 15) is 13.6 Å². The van der Waals surface area contributed by atoms with Crippen molar-refractivity contribution in [2.75, 3.05) is 18.4 Å². The summed E-state index contributed by atoms with van der Waals surface area (Å²) in [7, 11) is 0. The fourth-order valence-corrected chi connectivity index (χ4v) is 4.65. The molecule has 1 N–H and O–H groups in total. The first kappa shape index (κ1) is 21.8. The van der Waals surface area contributed by atoms with E-state index in [0.29, 0.717) is 30.5 Å². The minimum absolute atomic E-state index is 0.0741. The number of carbonyl (C=O) groups excluding carboxylic acids is 1. The van der Waals surface area contributed by atoms with Crippen molar-refractivity contribution in [2.45, 2.75) is 77.8 Å². The lowest BCUT2D eigenvalue weighted by Crippen LogP contribution is -2.48. The van der Waals surface area contributed by atoms with E-state index >= 15 is 0 Å². The molecule has 0 radical (unpaired) electrons. The Balaban J connectivity index is 1.54. The molecule has 0 aromatic carbocycles. The van der Waals surface area contributed by atoms with Gasteiger partial charge in [0.25, 0.3) is 12.3 Å². The third-order valence-corrected chi connectivity index (χ3v) is 6.35. The van der Waals surface area contributed by atoms with Crippen molar-refractivity contribution in [1.82, 2.24) is 19.7 Å². The van der Waals surface area contributed by atoms with Crippen molar-refractivity contribution < 1.29 is 18.0 Å². The number of hydrogen-bond donors (Lipinski definition) is 1. The maximum Gasteiger partial charge on any atom is 0.291 e. The third kappa shape index (κ3) is 4.19. The van der Waals surface area contributed by atoms with Gasteiger partial charge >= 0.3 is 0 Å². The van der Waals surface area contributed by atoms with Crippen LogP contribution < -0.4 is 5.32 Å². The highest BCUT2D eigenvalue weighted by Crippen LogP contribution is 2.38. The second-order valence-electron chi connectivity index (χ2n) is 9.80. The van der Waals surface area contributed by atoms with Crippen LogP contribution in [0, 0.1) is 19.8 Å². The molecule has 1 amide bonds. The number of nitrogens with zero attached hydrogens (tertiary/aromatic N) is 4. The molecule has 31 heavy (non-hydrogen) atoms. The van der Waals surface area contributed by atoms with Crippen LogP contribution in [0.2, 0.25) is 0 Å². The zero-order valence-corrected chi connectivity index (χ0v) is 18.8. The Morgan fingerprint density at radius 3 is 2.68 bits per heavy atom. The fraction of sp³-hybridized carbons (Fsp3) is 0.682. The summed E-state index contributed by atoms with van der Waals surface area (Å²) in [4.78, 5) is 18.9. The van der Waals surface area contributed by atoms with Crippen LogP contribution in [-0.4, -0.2) is 51.1 Å². The van der Waals surface area contributed by atoms with Crippen LogP contribution in [0.15, 0.2) is 10.5 Å². The van der Waals surface area contributed by atoms with E-state index in [2.05, 4.69) is 15.4 Å². The number of piperidine rings is 1. The first-order valence-electron chi connectivity index (χ1n) is 10.9. The molecule has 4 rings (SSSR count). The molecule has 2 aromatic heterocycles. The number of aromatic nitrogens is 3. The van der Waals surface area contributed by atoms with Gasteiger partial charge in [-0.15, -0.1) is 0 Å². The van der Waals surface area contributed by atoms with Gasteiger partial charge in [-0.1, -0.05) is 20.8 Å². The van der Waals surface area contributed by atoms with Crippen LogP contribution in [0.4, 0.5) is 14.6 Å². The van der Waals surface area contributed by atoms with Crippen molar-refractivity contribution in [3.05, 3.63) is 29.1 Å². The number of oxazole rings is 1. The Kier molecular flexibility index (Phi) is 5.55. The van der Waals surface area contributed by atoms with Gasteiger partial charge in [-0.3, -0.25) is 4.79 Å². The number of alkyl halides is 2. The maximum absolute atomic E-state index is 13.9. The Morgan fingerprint density at radius 1 is 1.32 bits per heavy atom. The molecule has 2 aliphatic rings. The zero-order chi connectivity index (χ0) is 22.5. The standard InChI is InChI=1S/C22H31F2N5O2/c1-12-19(31-13(2)25-12)21(30)28-8-6-7-14(11-28)15-9-16(20(23)24)29-18(26-15)10-17(27-29)22(3,4)5/h10,14-16,20,26H,6-9,11H2,1-5H3/t14-,15+,16-/m1/s1. The third-order valence-electron chi connectivity index (χ3n) is 6.35. The van der Waals surface area contributed by atoms with Crippen LogP contribution in [-0.2, 0) is 5.41 Å². The van der Waals surface area contributed by atoms with E-state index in [4.69, 9.17) is 4.42 Å². The summed E-state index contributed by atoms with van der Waals surface area (Å²) in [5, 5.41) is 7.94. The molecule has 1 fully saturated rings. The molecule has 7 nitrogen and oxygen atoms in total. The van der Waals surface area contributed by atoms with Gasteiger partial charge in [0, 0.05) is 37.5 Å². The molecule has 0 unspecified atom stereocenters. The summed E-state index contributed by atoms with van der Waals surface area (Å²) in [5.41, 5.74) is 1.14. The summed E-state index contributed by atoms with van der Waals surface area (Å²) in [5.74, 6) is 1.27. The smallest absolute Gasteiger partial charge is 0.291 e. The Labute approximate surface area is 181 Å². The minimum Gasteiger partial charge on any atom is -0.436 e. The van der Waals surface area contributed by atoms with E-state index in [1.165, 1.54) is 4.68 Å². The molecule has 1 saturated heterocycles. The van der Waals surface area contributed by atoms with Gasteiger partial charge in [-0.2, -0.15) is 5.10 Å². The molecule has 3 atom stereocenters. The van der Waals surface area contributed by atoms with Gasteiger partial charge in [0.15, 0.2) is 5.89 Å².